The van der Waals surface area contributed by atoms with E-state index >= 15 is 0 Å². The summed E-state index contributed by atoms with van der Waals surface area (Å²) in [5.74, 6) is 1.31. The lowest BCUT2D eigenvalue weighted by Crippen LogP contribution is -2.46. The number of hydrogen-bond acceptors (Lipinski definition) is 3. The van der Waals surface area contributed by atoms with Crippen molar-refractivity contribution < 1.29 is 14.3 Å². The summed E-state index contributed by atoms with van der Waals surface area (Å²) < 4.78 is 5.62. The third kappa shape index (κ3) is 3.71. The van der Waals surface area contributed by atoms with Gasteiger partial charge in [-0.2, -0.15) is 0 Å². The second-order valence-corrected chi connectivity index (χ2v) is 7.00. The lowest BCUT2D eigenvalue weighted by Gasteiger charge is -2.33. The van der Waals surface area contributed by atoms with Gasteiger partial charge in [0.1, 0.15) is 5.75 Å². The van der Waals surface area contributed by atoms with E-state index in [1.54, 1.807) is 11.8 Å². The van der Waals surface area contributed by atoms with Crippen LogP contribution in [0.1, 0.15) is 46.0 Å². The molecule has 0 aromatic heterocycles. The smallest absolute Gasteiger partial charge is 0.267 e. The van der Waals surface area contributed by atoms with Crippen LogP contribution >= 0.6 is 0 Å². The third-order valence-electron chi connectivity index (χ3n) is 4.94. The molecule has 2 amide bonds. The van der Waals surface area contributed by atoms with Gasteiger partial charge in [0, 0.05) is 19.0 Å². The van der Waals surface area contributed by atoms with Crippen molar-refractivity contribution in [1.29, 1.82) is 0 Å². The number of ether oxygens (including phenoxy) is 1. The van der Waals surface area contributed by atoms with Gasteiger partial charge in [-0.3, -0.25) is 9.59 Å². The van der Waals surface area contributed by atoms with Gasteiger partial charge < -0.3 is 15.0 Å². The first-order valence-corrected chi connectivity index (χ1v) is 8.91. The van der Waals surface area contributed by atoms with Crippen LogP contribution in [0.15, 0.2) is 24.3 Å². The predicted octanol–water partition coefficient (Wildman–Crippen LogP) is 2.89. The van der Waals surface area contributed by atoms with Gasteiger partial charge in [-0.15, -0.1) is 0 Å². The number of anilines is 1. The van der Waals surface area contributed by atoms with E-state index in [1.807, 2.05) is 24.3 Å². The highest BCUT2D eigenvalue weighted by Crippen LogP contribution is 2.33. The summed E-state index contributed by atoms with van der Waals surface area (Å²) in [6.45, 7) is 4.37. The van der Waals surface area contributed by atoms with E-state index < -0.39 is 6.10 Å². The summed E-state index contributed by atoms with van der Waals surface area (Å²) in [6, 6.07) is 7.76. The molecular weight excluding hydrogens is 304 g/mol. The maximum Gasteiger partial charge on any atom is 0.267 e. The molecule has 130 valence electrons. The highest BCUT2D eigenvalue weighted by molar-refractivity contribution is 6.00. The van der Waals surface area contributed by atoms with Crippen molar-refractivity contribution in [3.8, 4) is 5.75 Å². The molecule has 3 unspecified atom stereocenters. The fraction of sp³-hybridized carbons (Fsp3) is 0.579. The molecule has 3 atom stereocenters. The number of benzene rings is 1. The van der Waals surface area contributed by atoms with E-state index in [-0.39, 0.29) is 17.9 Å². The van der Waals surface area contributed by atoms with Gasteiger partial charge in [0.2, 0.25) is 5.91 Å². The predicted molar refractivity (Wildman–Crippen MR) is 93.1 cm³/mol. The summed E-state index contributed by atoms with van der Waals surface area (Å²) in [5.41, 5.74) is 0.750. The SMILES string of the molecule is CC1CCCC(NC(=O)CCN2C(=O)C(C)Oc3ccccc32)C1. The van der Waals surface area contributed by atoms with Crippen LogP contribution < -0.4 is 15.0 Å². The highest BCUT2D eigenvalue weighted by Gasteiger charge is 2.31. The molecule has 2 aliphatic rings. The molecule has 0 saturated heterocycles. The first kappa shape index (κ1) is 16.8. The summed E-state index contributed by atoms with van der Waals surface area (Å²) >= 11 is 0. The lowest BCUT2D eigenvalue weighted by molar-refractivity contribution is -0.125. The van der Waals surface area contributed by atoms with Crippen molar-refractivity contribution in [2.45, 2.75) is 58.1 Å². The summed E-state index contributed by atoms with van der Waals surface area (Å²) in [7, 11) is 0. The Kier molecular flexibility index (Phi) is 5.07. The molecule has 0 spiro atoms. The fourth-order valence-electron chi connectivity index (χ4n) is 3.67. The molecule has 1 aromatic carbocycles. The van der Waals surface area contributed by atoms with E-state index in [0.717, 1.165) is 18.5 Å². The Labute approximate surface area is 143 Å². The van der Waals surface area contributed by atoms with Crippen LogP contribution in [0.2, 0.25) is 0 Å². The van der Waals surface area contributed by atoms with Gasteiger partial charge in [-0.25, -0.2) is 0 Å². The summed E-state index contributed by atoms with van der Waals surface area (Å²) in [4.78, 5) is 26.4. The molecular formula is C19H26N2O3. The van der Waals surface area contributed by atoms with E-state index in [9.17, 15) is 9.59 Å². The van der Waals surface area contributed by atoms with Crippen LogP contribution in [0.3, 0.4) is 0 Å². The fourth-order valence-corrected chi connectivity index (χ4v) is 3.67. The monoisotopic (exact) mass is 330 g/mol. The number of para-hydroxylation sites is 2. The standard InChI is InChI=1S/C19H26N2O3/c1-13-6-5-7-15(12-13)20-18(22)10-11-21-16-8-3-4-9-17(16)24-14(2)19(21)23/h3-4,8-9,13-15H,5-7,10-12H2,1-2H3,(H,20,22). The Balaban J connectivity index is 1.59. The second-order valence-electron chi connectivity index (χ2n) is 7.00. The normalized spacial score (nSPS) is 26.5. The zero-order valence-corrected chi connectivity index (χ0v) is 14.5. The van der Waals surface area contributed by atoms with E-state index in [1.165, 1.54) is 12.8 Å². The molecule has 5 heteroatoms. The van der Waals surface area contributed by atoms with Crippen LogP contribution in [0.5, 0.6) is 5.75 Å². The molecule has 1 aliphatic heterocycles. The summed E-state index contributed by atoms with van der Waals surface area (Å²) in [5, 5.41) is 3.13. The molecule has 5 nitrogen and oxygen atoms in total. The Hall–Kier alpha value is -2.04. The number of amides is 2. The van der Waals surface area contributed by atoms with E-state index in [4.69, 9.17) is 4.74 Å². The Morgan fingerprint density at radius 2 is 2.08 bits per heavy atom. The minimum absolute atomic E-state index is 0.0264. The number of rotatable bonds is 4. The molecule has 0 bridgehead atoms. The van der Waals surface area contributed by atoms with Gasteiger partial charge in [-0.05, 0) is 37.8 Å². The van der Waals surface area contributed by atoms with Gasteiger partial charge in [0.05, 0.1) is 5.69 Å². The minimum Gasteiger partial charge on any atom is -0.479 e. The molecule has 3 rings (SSSR count). The lowest BCUT2D eigenvalue weighted by atomic mass is 9.87. The molecule has 1 heterocycles. The van der Waals surface area contributed by atoms with Crippen LogP contribution in [0, 0.1) is 5.92 Å². The zero-order valence-electron chi connectivity index (χ0n) is 14.5. The Morgan fingerprint density at radius 1 is 1.29 bits per heavy atom. The Morgan fingerprint density at radius 3 is 2.88 bits per heavy atom. The highest BCUT2D eigenvalue weighted by atomic mass is 16.5. The van der Waals surface area contributed by atoms with Crippen molar-refractivity contribution in [3.05, 3.63) is 24.3 Å². The Bertz CT molecular complexity index is 616. The molecule has 1 fully saturated rings. The van der Waals surface area contributed by atoms with Gasteiger partial charge in [0.15, 0.2) is 6.10 Å². The van der Waals surface area contributed by atoms with Gasteiger partial charge in [-0.1, -0.05) is 31.9 Å². The van der Waals surface area contributed by atoms with Crippen molar-refractivity contribution in [2.24, 2.45) is 5.92 Å². The topological polar surface area (TPSA) is 58.6 Å². The summed E-state index contributed by atoms with van der Waals surface area (Å²) in [6.07, 6.45) is 4.36. The third-order valence-corrected chi connectivity index (χ3v) is 4.94. The number of carbonyl (C=O) groups is 2. The maximum atomic E-state index is 12.4. The van der Waals surface area contributed by atoms with Crippen molar-refractivity contribution >= 4 is 17.5 Å². The van der Waals surface area contributed by atoms with E-state index in [0.29, 0.717) is 24.6 Å². The van der Waals surface area contributed by atoms with Gasteiger partial charge >= 0.3 is 0 Å². The molecule has 1 N–H and O–H groups in total. The van der Waals surface area contributed by atoms with Crippen molar-refractivity contribution in [3.63, 3.8) is 0 Å². The molecule has 0 radical (unpaired) electrons. The molecule has 1 aromatic rings. The minimum atomic E-state index is -0.512. The quantitative estimate of drug-likeness (QED) is 0.923. The van der Waals surface area contributed by atoms with Crippen molar-refractivity contribution in [2.75, 3.05) is 11.4 Å². The maximum absolute atomic E-state index is 12.4. The average Bonchev–Trinajstić information content (AvgIpc) is 2.55. The van der Waals surface area contributed by atoms with E-state index in [2.05, 4.69) is 12.2 Å². The number of hydrogen-bond donors (Lipinski definition) is 1. The van der Waals surface area contributed by atoms with Crippen LogP contribution in [0.4, 0.5) is 5.69 Å². The molecule has 24 heavy (non-hydrogen) atoms. The first-order chi connectivity index (χ1) is 11.5. The van der Waals surface area contributed by atoms with Gasteiger partial charge in [0.25, 0.3) is 5.91 Å². The van der Waals surface area contributed by atoms with Crippen LogP contribution in [-0.2, 0) is 9.59 Å². The first-order valence-electron chi connectivity index (χ1n) is 8.91. The number of fused-ring (bicyclic) bond motifs is 1. The number of nitrogens with one attached hydrogen (secondary N) is 1. The zero-order chi connectivity index (χ0) is 17.1. The largest absolute Gasteiger partial charge is 0.479 e. The van der Waals surface area contributed by atoms with Crippen LogP contribution in [-0.4, -0.2) is 30.5 Å². The number of carbonyl (C=O) groups excluding carboxylic acids is 2. The average molecular weight is 330 g/mol. The van der Waals surface area contributed by atoms with Crippen molar-refractivity contribution in [1.82, 2.24) is 5.32 Å². The van der Waals surface area contributed by atoms with Crippen LogP contribution in [0.25, 0.3) is 0 Å². The number of nitrogens with zero attached hydrogens (tertiary/aromatic N) is 1. The molecule has 1 aliphatic carbocycles. The molecule has 1 saturated carbocycles. The second kappa shape index (κ2) is 7.24.